The number of amides is 1. The van der Waals surface area contributed by atoms with Crippen molar-refractivity contribution in [3.63, 3.8) is 0 Å². The van der Waals surface area contributed by atoms with Crippen molar-refractivity contribution in [3.8, 4) is 11.5 Å². The number of hydrogen-bond acceptors (Lipinski definition) is 6. The molecule has 3 rings (SSSR count). The smallest absolute Gasteiger partial charge is 0.340 e. The van der Waals surface area contributed by atoms with Gasteiger partial charge in [0.25, 0.3) is 5.91 Å². The quantitative estimate of drug-likeness (QED) is 0.571. The Hall–Kier alpha value is -1.33. The second kappa shape index (κ2) is 5.70. The van der Waals surface area contributed by atoms with Gasteiger partial charge in [-0.15, -0.1) is 0 Å². The SMILES string of the molecule is COc1cc(I)c2c(c1OS(=O)(=O)c1ccsc1)CNC2=O. The summed E-state index contributed by atoms with van der Waals surface area (Å²) in [6.45, 7) is 0.204. The molecule has 1 aliphatic heterocycles. The average Bonchev–Trinajstić information content (AvgIpc) is 3.11. The minimum absolute atomic E-state index is 0.0578. The zero-order valence-electron chi connectivity index (χ0n) is 11.3. The number of rotatable bonds is 4. The summed E-state index contributed by atoms with van der Waals surface area (Å²) in [5.41, 5.74) is 0.921. The Bertz CT molecular complexity index is 846. The Morgan fingerprint density at radius 3 is 2.82 bits per heavy atom. The molecular weight excluding hydrogens is 441 g/mol. The second-order valence-electron chi connectivity index (χ2n) is 4.42. The van der Waals surface area contributed by atoms with Crippen LogP contribution < -0.4 is 14.2 Å². The normalized spacial score (nSPS) is 13.6. The van der Waals surface area contributed by atoms with Crippen LogP contribution in [0.25, 0.3) is 0 Å². The lowest BCUT2D eigenvalue weighted by molar-refractivity contribution is 0.0965. The zero-order chi connectivity index (χ0) is 15.9. The molecule has 22 heavy (non-hydrogen) atoms. The van der Waals surface area contributed by atoms with Gasteiger partial charge in [0.15, 0.2) is 11.5 Å². The third-order valence-corrected chi connectivity index (χ3v) is 6.05. The monoisotopic (exact) mass is 451 g/mol. The van der Waals surface area contributed by atoms with Crippen LogP contribution >= 0.6 is 33.9 Å². The van der Waals surface area contributed by atoms with Crippen LogP contribution in [0.2, 0.25) is 0 Å². The van der Waals surface area contributed by atoms with Gasteiger partial charge >= 0.3 is 10.1 Å². The average molecular weight is 451 g/mol. The van der Waals surface area contributed by atoms with Gasteiger partial charge in [0.05, 0.1) is 12.7 Å². The maximum atomic E-state index is 12.3. The summed E-state index contributed by atoms with van der Waals surface area (Å²) in [6.07, 6.45) is 0. The lowest BCUT2D eigenvalue weighted by Crippen LogP contribution is -2.13. The number of benzene rings is 1. The van der Waals surface area contributed by atoms with Crippen LogP contribution in [-0.2, 0) is 16.7 Å². The van der Waals surface area contributed by atoms with Gasteiger partial charge in [-0.3, -0.25) is 4.79 Å². The molecule has 0 saturated heterocycles. The van der Waals surface area contributed by atoms with Crippen LogP contribution in [0.5, 0.6) is 11.5 Å². The minimum Gasteiger partial charge on any atom is -0.493 e. The molecule has 1 amide bonds. The number of carbonyl (C=O) groups is 1. The molecule has 0 saturated carbocycles. The van der Waals surface area contributed by atoms with E-state index in [2.05, 4.69) is 5.32 Å². The van der Waals surface area contributed by atoms with E-state index < -0.39 is 10.1 Å². The summed E-state index contributed by atoms with van der Waals surface area (Å²) < 4.78 is 35.8. The topological polar surface area (TPSA) is 81.7 Å². The Labute approximate surface area is 144 Å². The Kier molecular flexibility index (Phi) is 4.03. The molecule has 0 radical (unpaired) electrons. The van der Waals surface area contributed by atoms with Crippen LogP contribution in [-0.4, -0.2) is 21.4 Å². The lowest BCUT2D eigenvalue weighted by atomic mass is 10.1. The van der Waals surface area contributed by atoms with E-state index in [9.17, 15) is 13.2 Å². The highest BCUT2D eigenvalue weighted by molar-refractivity contribution is 14.1. The fraction of sp³-hybridized carbons (Fsp3) is 0.154. The molecule has 0 fully saturated rings. The van der Waals surface area contributed by atoms with E-state index in [0.29, 0.717) is 14.7 Å². The molecule has 1 aliphatic rings. The van der Waals surface area contributed by atoms with Gasteiger partial charge in [0, 0.05) is 21.1 Å². The van der Waals surface area contributed by atoms with Crippen molar-refractivity contribution in [2.45, 2.75) is 11.4 Å². The fourth-order valence-corrected chi connectivity index (χ4v) is 4.95. The van der Waals surface area contributed by atoms with E-state index >= 15 is 0 Å². The van der Waals surface area contributed by atoms with Gasteiger partial charge in [-0.1, -0.05) is 0 Å². The molecule has 1 N–H and O–H groups in total. The van der Waals surface area contributed by atoms with Crippen molar-refractivity contribution >= 4 is 50.0 Å². The highest BCUT2D eigenvalue weighted by Gasteiger charge is 2.31. The van der Waals surface area contributed by atoms with Crippen LogP contribution in [0.4, 0.5) is 0 Å². The predicted molar refractivity (Wildman–Crippen MR) is 89.0 cm³/mol. The van der Waals surface area contributed by atoms with Crippen molar-refractivity contribution in [1.29, 1.82) is 0 Å². The van der Waals surface area contributed by atoms with E-state index in [1.165, 1.54) is 29.9 Å². The molecule has 1 aromatic heterocycles. The first kappa shape index (κ1) is 15.6. The number of methoxy groups -OCH3 is 1. The van der Waals surface area contributed by atoms with Crippen molar-refractivity contribution < 1.29 is 22.1 Å². The lowest BCUT2D eigenvalue weighted by Gasteiger charge is -2.14. The maximum Gasteiger partial charge on any atom is 0.340 e. The summed E-state index contributed by atoms with van der Waals surface area (Å²) in [7, 11) is -2.54. The predicted octanol–water partition coefficient (Wildman–Crippen LogP) is 2.37. The Balaban J connectivity index is 2.14. The first-order chi connectivity index (χ1) is 10.4. The summed E-state index contributed by atoms with van der Waals surface area (Å²) in [5, 5.41) is 5.80. The summed E-state index contributed by atoms with van der Waals surface area (Å²) in [5.74, 6) is 0.0840. The largest absolute Gasteiger partial charge is 0.493 e. The number of ether oxygens (including phenoxy) is 1. The molecule has 116 valence electrons. The molecule has 0 bridgehead atoms. The summed E-state index contributed by atoms with van der Waals surface area (Å²) in [6, 6.07) is 3.05. The number of carbonyl (C=O) groups excluding carboxylic acids is 1. The molecule has 0 atom stereocenters. The highest BCUT2D eigenvalue weighted by atomic mass is 127. The molecule has 1 aromatic carbocycles. The van der Waals surface area contributed by atoms with Crippen LogP contribution in [0.15, 0.2) is 27.8 Å². The summed E-state index contributed by atoms with van der Waals surface area (Å²) >= 11 is 3.27. The van der Waals surface area contributed by atoms with Gasteiger partial charge in [-0.25, -0.2) is 0 Å². The zero-order valence-corrected chi connectivity index (χ0v) is 15.0. The minimum atomic E-state index is -3.97. The van der Waals surface area contributed by atoms with Gasteiger partial charge in [0.2, 0.25) is 0 Å². The molecule has 0 unspecified atom stereocenters. The van der Waals surface area contributed by atoms with Gasteiger partial charge < -0.3 is 14.2 Å². The maximum absolute atomic E-state index is 12.3. The van der Waals surface area contributed by atoms with Crippen LogP contribution in [0, 0.1) is 3.57 Å². The molecule has 2 heterocycles. The first-order valence-electron chi connectivity index (χ1n) is 6.08. The Morgan fingerprint density at radius 1 is 1.41 bits per heavy atom. The van der Waals surface area contributed by atoms with E-state index in [1.54, 1.807) is 11.4 Å². The van der Waals surface area contributed by atoms with E-state index in [4.69, 9.17) is 8.92 Å². The van der Waals surface area contributed by atoms with Crippen molar-refractivity contribution in [2.75, 3.05) is 7.11 Å². The molecular formula is C13H10INO5S2. The third kappa shape index (κ3) is 2.57. The van der Waals surface area contributed by atoms with E-state index in [1.807, 2.05) is 22.6 Å². The van der Waals surface area contributed by atoms with Gasteiger partial charge in [-0.05, 0) is 40.1 Å². The molecule has 0 aliphatic carbocycles. The van der Waals surface area contributed by atoms with Gasteiger partial charge in [0.1, 0.15) is 4.90 Å². The molecule has 0 spiro atoms. The molecule has 2 aromatic rings. The van der Waals surface area contributed by atoms with Crippen LogP contribution in [0.3, 0.4) is 0 Å². The Morgan fingerprint density at radius 2 is 2.18 bits per heavy atom. The van der Waals surface area contributed by atoms with Crippen molar-refractivity contribution in [2.24, 2.45) is 0 Å². The molecule has 6 nitrogen and oxygen atoms in total. The number of thiophene rings is 1. The fourth-order valence-electron chi connectivity index (χ4n) is 2.13. The number of nitrogens with one attached hydrogen (secondary N) is 1. The van der Waals surface area contributed by atoms with E-state index in [-0.39, 0.29) is 28.8 Å². The number of fused-ring (bicyclic) bond motifs is 1. The summed E-state index contributed by atoms with van der Waals surface area (Å²) in [4.78, 5) is 11.9. The standard InChI is InChI=1S/C13H10INO5S2/c1-19-10-4-9(14)11-8(5-15-13(11)16)12(10)20-22(17,18)7-2-3-21-6-7/h2-4,6H,5H2,1H3,(H,15,16). The van der Waals surface area contributed by atoms with E-state index in [0.717, 1.165) is 0 Å². The van der Waals surface area contributed by atoms with Crippen molar-refractivity contribution in [1.82, 2.24) is 5.32 Å². The van der Waals surface area contributed by atoms with Gasteiger partial charge in [-0.2, -0.15) is 19.8 Å². The van der Waals surface area contributed by atoms with Crippen LogP contribution in [0.1, 0.15) is 15.9 Å². The molecule has 9 heteroatoms. The first-order valence-corrected chi connectivity index (χ1v) is 9.51. The number of hydrogen-bond donors (Lipinski definition) is 1. The number of halogens is 1. The highest BCUT2D eigenvalue weighted by Crippen LogP contribution is 2.40. The van der Waals surface area contributed by atoms with Crippen molar-refractivity contribution in [3.05, 3.63) is 37.6 Å². The third-order valence-electron chi connectivity index (χ3n) is 3.15. The second-order valence-corrected chi connectivity index (χ2v) is 7.91.